The lowest BCUT2D eigenvalue weighted by Gasteiger charge is -2.17. The number of hydrogen-bond acceptors (Lipinski definition) is 9. The summed E-state index contributed by atoms with van der Waals surface area (Å²) in [4.78, 5) is 51.9. The van der Waals surface area contributed by atoms with Crippen molar-refractivity contribution >= 4 is 37.2 Å². The molecular weight excluding hydrogens is 487 g/mol. The highest BCUT2D eigenvalue weighted by molar-refractivity contribution is 7.99. The molecule has 2 atom stereocenters. The van der Waals surface area contributed by atoms with E-state index in [4.69, 9.17) is 29.7 Å². The first kappa shape index (κ1) is 29.9. The third-order valence-electron chi connectivity index (χ3n) is 4.24. The van der Waals surface area contributed by atoms with Crippen molar-refractivity contribution in [1.82, 2.24) is 5.32 Å². The van der Waals surface area contributed by atoms with Crippen LogP contribution in [0.1, 0.15) is 25.8 Å². The van der Waals surface area contributed by atoms with Crippen LogP contribution in [-0.2, 0) is 34.8 Å². The maximum atomic E-state index is 12.2. The summed E-state index contributed by atoms with van der Waals surface area (Å²) in [5.41, 5.74) is 6.89. The molecule has 1 aromatic rings. The summed E-state index contributed by atoms with van der Waals surface area (Å²) >= 11 is 1.32. The molecule has 0 spiro atoms. The average Bonchev–Trinajstić information content (AvgIpc) is 2.74. The van der Waals surface area contributed by atoms with Gasteiger partial charge in [-0.15, -0.1) is 0 Å². The number of carbonyl (C=O) groups is 3. The molecule has 13 heteroatoms. The Morgan fingerprint density at radius 3 is 2.38 bits per heavy atom. The summed E-state index contributed by atoms with van der Waals surface area (Å²) < 4.78 is 26.2. The Morgan fingerprint density at radius 1 is 1.12 bits per heavy atom. The number of esters is 2. The highest BCUT2D eigenvalue weighted by atomic mass is 32.2. The van der Waals surface area contributed by atoms with Crippen molar-refractivity contribution in [2.45, 2.75) is 38.8 Å². The second-order valence-electron chi connectivity index (χ2n) is 7.45. The summed E-state index contributed by atoms with van der Waals surface area (Å²) in [6, 6.07) is 6.45. The molecule has 192 valence electrons. The number of thioether (sulfide) groups is 1. The van der Waals surface area contributed by atoms with Crippen molar-refractivity contribution in [2.24, 2.45) is 5.73 Å². The Kier molecular flexibility index (Phi) is 13.8. The van der Waals surface area contributed by atoms with E-state index in [0.717, 1.165) is 5.56 Å². The number of carbonyl (C=O) groups excluding carboxylic acids is 3. The number of nitrogens with two attached hydrogens (primary N) is 1. The van der Waals surface area contributed by atoms with Crippen LogP contribution in [0.4, 0.5) is 0 Å². The molecule has 0 aliphatic rings. The molecule has 0 aliphatic carbocycles. The lowest BCUT2D eigenvalue weighted by molar-refractivity contribution is -0.154. The zero-order valence-electron chi connectivity index (χ0n) is 19.3. The van der Waals surface area contributed by atoms with Crippen molar-refractivity contribution in [2.75, 3.05) is 37.4 Å². The number of ether oxygens (including phenoxy) is 3. The van der Waals surface area contributed by atoms with Gasteiger partial charge in [-0.25, -0.2) is 0 Å². The van der Waals surface area contributed by atoms with Gasteiger partial charge in [-0.05, 0) is 30.5 Å². The summed E-state index contributed by atoms with van der Waals surface area (Å²) in [5.74, 6) is -0.0306. The molecule has 0 heterocycles. The Hall–Kier alpha value is -2.11. The Labute approximate surface area is 203 Å². The zero-order chi connectivity index (χ0) is 25.6. The van der Waals surface area contributed by atoms with Crippen LogP contribution < -0.4 is 15.8 Å². The highest BCUT2D eigenvalue weighted by Gasteiger charge is 2.18. The maximum absolute atomic E-state index is 12.2. The maximum Gasteiger partial charge on any atom is 0.325 e. The van der Waals surface area contributed by atoms with E-state index in [1.54, 1.807) is 12.1 Å². The second-order valence-corrected chi connectivity index (χ2v) is 10.3. The summed E-state index contributed by atoms with van der Waals surface area (Å²) in [6.07, 6.45) is 0.0143. The van der Waals surface area contributed by atoms with Gasteiger partial charge >= 0.3 is 19.5 Å². The predicted molar refractivity (Wildman–Crippen MR) is 128 cm³/mol. The van der Waals surface area contributed by atoms with Gasteiger partial charge in [0.15, 0.2) is 0 Å². The van der Waals surface area contributed by atoms with Crippen LogP contribution in [0.25, 0.3) is 0 Å². The quantitative estimate of drug-likeness (QED) is 0.138. The number of benzene rings is 1. The van der Waals surface area contributed by atoms with Crippen molar-refractivity contribution in [3.8, 4) is 5.75 Å². The van der Waals surface area contributed by atoms with Crippen LogP contribution in [0.5, 0.6) is 5.75 Å². The molecule has 1 amide bonds. The van der Waals surface area contributed by atoms with Crippen LogP contribution in [0, 0.1) is 0 Å². The molecule has 0 fully saturated rings. The van der Waals surface area contributed by atoms with Gasteiger partial charge in [0.2, 0.25) is 5.91 Å². The van der Waals surface area contributed by atoms with Crippen LogP contribution >= 0.6 is 19.4 Å². The largest absolute Gasteiger partial charge is 0.494 e. The Morgan fingerprint density at radius 2 is 1.79 bits per heavy atom. The fourth-order valence-corrected chi connectivity index (χ4v) is 4.15. The van der Waals surface area contributed by atoms with Gasteiger partial charge < -0.3 is 35.0 Å². The molecule has 0 saturated heterocycles. The summed E-state index contributed by atoms with van der Waals surface area (Å²) in [6.45, 7) is 3.07. The molecule has 0 aromatic heterocycles. The Balaban J connectivity index is 2.28. The minimum Gasteiger partial charge on any atom is -0.494 e. The van der Waals surface area contributed by atoms with Crippen LogP contribution in [0.15, 0.2) is 24.3 Å². The third-order valence-corrected chi connectivity index (χ3v) is 6.34. The van der Waals surface area contributed by atoms with Crippen molar-refractivity contribution < 1.29 is 42.9 Å². The van der Waals surface area contributed by atoms with E-state index in [0.29, 0.717) is 30.2 Å². The van der Waals surface area contributed by atoms with Crippen LogP contribution in [-0.4, -0.2) is 77.2 Å². The molecular formula is C21H33N2O9PS. The molecule has 0 radical (unpaired) electrons. The molecule has 0 bridgehead atoms. The van der Waals surface area contributed by atoms with Crippen LogP contribution in [0.2, 0.25) is 0 Å². The zero-order valence-corrected chi connectivity index (χ0v) is 21.0. The first-order chi connectivity index (χ1) is 16.0. The normalized spacial score (nSPS) is 13.0. The van der Waals surface area contributed by atoms with E-state index < -0.39 is 31.7 Å². The van der Waals surface area contributed by atoms with Gasteiger partial charge in [0.05, 0.1) is 18.8 Å². The molecule has 1 aromatic carbocycles. The van der Waals surface area contributed by atoms with E-state index in [9.17, 15) is 18.9 Å². The first-order valence-electron chi connectivity index (χ1n) is 10.6. The van der Waals surface area contributed by atoms with E-state index in [1.165, 1.54) is 25.6 Å². The standard InChI is InChI=1S/C21H33N2O9PS/c1-15(24)31-12-19(32-16(2)25)13-34-14-20(22)21(26)23-9-8-17-4-6-18(7-5-17)30-10-3-11-33(27,28)29/h4-7,19-20H,3,8-14,22H2,1-2H3,(H,23,26)(H2,27,28,29). The smallest absolute Gasteiger partial charge is 0.325 e. The lowest BCUT2D eigenvalue weighted by Crippen LogP contribution is -2.43. The highest BCUT2D eigenvalue weighted by Crippen LogP contribution is 2.34. The van der Waals surface area contributed by atoms with Gasteiger partial charge in [0, 0.05) is 31.9 Å². The van der Waals surface area contributed by atoms with Gasteiger partial charge in [0.1, 0.15) is 18.5 Å². The fraction of sp³-hybridized carbons (Fsp3) is 0.571. The van der Waals surface area contributed by atoms with Gasteiger partial charge in [-0.3, -0.25) is 18.9 Å². The number of nitrogens with one attached hydrogen (secondary N) is 1. The number of hydrogen-bond donors (Lipinski definition) is 4. The van der Waals surface area contributed by atoms with Crippen molar-refractivity contribution in [1.29, 1.82) is 0 Å². The summed E-state index contributed by atoms with van der Waals surface area (Å²) in [7, 11) is -4.00. The lowest BCUT2D eigenvalue weighted by atomic mass is 10.1. The number of amides is 1. The third kappa shape index (κ3) is 14.9. The molecule has 1 rings (SSSR count). The molecule has 2 unspecified atom stereocenters. The van der Waals surface area contributed by atoms with E-state index in [-0.39, 0.29) is 31.7 Å². The van der Waals surface area contributed by atoms with Crippen molar-refractivity contribution in [3.63, 3.8) is 0 Å². The second kappa shape index (κ2) is 15.7. The monoisotopic (exact) mass is 520 g/mol. The minimum absolute atomic E-state index is 0.0550. The predicted octanol–water partition coefficient (Wildman–Crippen LogP) is 0.847. The SMILES string of the molecule is CC(=O)OCC(CSCC(N)C(=O)NCCc1ccc(OCCCP(=O)(O)O)cc1)OC(C)=O. The fourth-order valence-electron chi connectivity index (χ4n) is 2.64. The minimum atomic E-state index is -4.00. The molecule has 34 heavy (non-hydrogen) atoms. The van der Waals surface area contributed by atoms with Gasteiger partial charge in [-0.1, -0.05) is 12.1 Å². The van der Waals surface area contributed by atoms with Gasteiger partial charge in [-0.2, -0.15) is 11.8 Å². The Bertz CT molecular complexity index is 832. The summed E-state index contributed by atoms with van der Waals surface area (Å²) in [5, 5.41) is 2.77. The van der Waals surface area contributed by atoms with E-state index >= 15 is 0 Å². The van der Waals surface area contributed by atoms with Crippen LogP contribution in [0.3, 0.4) is 0 Å². The number of rotatable bonds is 16. The molecule has 0 saturated carbocycles. The molecule has 11 nitrogen and oxygen atoms in total. The van der Waals surface area contributed by atoms with E-state index in [2.05, 4.69) is 5.32 Å². The topological polar surface area (TPSA) is 174 Å². The first-order valence-corrected chi connectivity index (χ1v) is 13.6. The van der Waals surface area contributed by atoms with Gasteiger partial charge in [0.25, 0.3) is 0 Å². The van der Waals surface area contributed by atoms with Crippen molar-refractivity contribution in [3.05, 3.63) is 29.8 Å². The molecule has 0 aliphatic heterocycles. The molecule has 5 N–H and O–H groups in total. The van der Waals surface area contributed by atoms with E-state index in [1.807, 2.05) is 12.1 Å². The average molecular weight is 521 g/mol.